The first kappa shape index (κ1) is 16.9. The van der Waals surface area contributed by atoms with Gasteiger partial charge in [0.2, 0.25) is 0 Å². The minimum Gasteiger partial charge on any atom is -0.491 e. The molecule has 1 aliphatic heterocycles. The van der Waals surface area contributed by atoms with E-state index in [0.29, 0.717) is 11.6 Å². The molecule has 22 heavy (non-hydrogen) atoms. The van der Waals surface area contributed by atoms with E-state index >= 15 is 0 Å². The third-order valence-electron chi connectivity index (χ3n) is 3.79. The summed E-state index contributed by atoms with van der Waals surface area (Å²) in [6.45, 7) is 9.77. The first-order valence-electron chi connectivity index (χ1n) is 8.07. The van der Waals surface area contributed by atoms with Crippen LogP contribution in [-0.4, -0.2) is 39.7 Å². The zero-order chi connectivity index (χ0) is 16.2. The van der Waals surface area contributed by atoms with Crippen LogP contribution in [0.3, 0.4) is 0 Å². The fourth-order valence-electron chi connectivity index (χ4n) is 2.63. The lowest BCUT2D eigenvalue weighted by atomic mass is 9.99. The molecule has 2 N–H and O–H groups in total. The van der Waals surface area contributed by atoms with Crippen LogP contribution < -0.4 is 10.5 Å². The fraction of sp³-hybridized carbons (Fsp3) is 0.556. The van der Waals surface area contributed by atoms with Crippen molar-refractivity contribution in [2.75, 3.05) is 32.5 Å². The van der Waals surface area contributed by atoms with E-state index in [-0.39, 0.29) is 0 Å². The maximum absolute atomic E-state index is 6.11. The molecule has 1 heterocycles. The van der Waals surface area contributed by atoms with Gasteiger partial charge in [0.15, 0.2) is 0 Å². The van der Waals surface area contributed by atoms with Crippen LogP contribution in [0.5, 0.6) is 5.75 Å². The molecule has 0 saturated carbocycles. The number of hydrogen-bond acceptors (Lipinski definition) is 3. The average Bonchev–Trinajstić information content (AvgIpc) is 2.43. The Morgan fingerprint density at radius 2 is 2.14 bits per heavy atom. The molecule has 1 aromatic rings. The second kappa shape index (κ2) is 7.21. The second-order valence-corrected chi connectivity index (χ2v) is 12.1. The van der Waals surface area contributed by atoms with Gasteiger partial charge in [-0.25, -0.2) is 0 Å². The molecule has 1 saturated heterocycles. The second-order valence-electron chi connectivity index (χ2n) is 7.33. The van der Waals surface area contributed by atoms with Crippen LogP contribution in [0.4, 0.5) is 5.69 Å². The zero-order valence-electron chi connectivity index (χ0n) is 14.3. The number of nitrogen functional groups attached to an aromatic ring is 1. The molecule has 2 rings (SSSR count). The smallest absolute Gasteiger partial charge is 0.142 e. The molecular formula is C18H28N2OSi. The quantitative estimate of drug-likeness (QED) is 0.529. The third kappa shape index (κ3) is 5.40. The molecule has 4 heteroatoms. The van der Waals surface area contributed by atoms with E-state index in [2.05, 4.69) is 43.1 Å². The number of ether oxygens (including phenoxy) is 1. The highest BCUT2D eigenvalue weighted by atomic mass is 28.3. The van der Waals surface area contributed by atoms with Gasteiger partial charge in [0.05, 0.1) is 12.3 Å². The van der Waals surface area contributed by atoms with Gasteiger partial charge in [0.25, 0.3) is 0 Å². The minimum atomic E-state index is -1.35. The van der Waals surface area contributed by atoms with Crippen LogP contribution in [0.25, 0.3) is 0 Å². The SMILES string of the molecule is CN1CCCC(COc2ccc(C#C[Si](C)(C)C)cc2N)C1. The normalized spacial score (nSPS) is 19.4. The third-order valence-corrected chi connectivity index (χ3v) is 4.66. The van der Waals surface area contributed by atoms with E-state index in [9.17, 15) is 0 Å². The maximum Gasteiger partial charge on any atom is 0.142 e. The number of anilines is 1. The lowest BCUT2D eigenvalue weighted by Crippen LogP contribution is -2.34. The van der Waals surface area contributed by atoms with E-state index < -0.39 is 8.07 Å². The predicted molar refractivity (Wildman–Crippen MR) is 96.8 cm³/mol. The van der Waals surface area contributed by atoms with Crippen LogP contribution in [0.2, 0.25) is 19.6 Å². The van der Waals surface area contributed by atoms with E-state index in [4.69, 9.17) is 10.5 Å². The van der Waals surface area contributed by atoms with Crippen molar-refractivity contribution in [3.63, 3.8) is 0 Å². The number of piperidine rings is 1. The molecule has 0 spiro atoms. The van der Waals surface area contributed by atoms with Crippen molar-refractivity contribution < 1.29 is 4.74 Å². The van der Waals surface area contributed by atoms with Gasteiger partial charge < -0.3 is 15.4 Å². The van der Waals surface area contributed by atoms with E-state index in [1.165, 1.54) is 19.4 Å². The molecule has 1 fully saturated rings. The molecule has 1 aromatic carbocycles. The summed E-state index contributed by atoms with van der Waals surface area (Å²) in [7, 11) is 0.820. The number of hydrogen-bond donors (Lipinski definition) is 1. The molecular weight excluding hydrogens is 288 g/mol. The predicted octanol–water partition coefficient (Wildman–Crippen LogP) is 3.22. The van der Waals surface area contributed by atoms with Gasteiger partial charge in [-0.1, -0.05) is 25.6 Å². The summed E-state index contributed by atoms with van der Waals surface area (Å²) in [5.74, 6) is 4.62. The van der Waals surface area contributed by atoms with Crippen molar-refractivity contribution in [3.05, 3.63) is 23.8 Å². The fourth-order valence-corrected chi connectivity index (χ4v) is 3.15. The average molecular weight is 317 g/mol. The zero-order valence-corrected chi connectivity index (χ0v) is 15.3. The minimum absolute atomic E-state index is 0.601. The van der Waals surface area contributed by atoms with Gasteiger partial charge in [-0.05, 0) is 44.6 Å². The summed E-state index contributed by atoms with van der Waals surface area (Å²) in [6, 6.07) is 5.89. The Balaban J connectivity index is 1.96. The van der Waals surface area contributed by atoms with Crippen molar-refractivity contribution in [3.8, 4) is 17.2 Å². The highest BCUT2D eigenvalue weighted by molar-refractivity contribution is 6.83. The van der Waals surface area contributed by atoms with E-state index in [1.807, 2.05) is 18.2 Å². The Morgan fingerprint density at radius 3 is 2.77 bits per heavy atom. The van der Waals surface area contributed by atoms with Crippen LogP contribution in [0.15, 0.2) is 18.2 Å². The summed E-state index contributed by atoms with van der Waals surface area (Å²) in [5, 5.41) is 0. The number of likely N-dealkylation sites (tertiary alicyclic amines) is 1. The molecule has 0 aromatic heterocycles. The van der Waals surface area contributed by atoms with Crippen LogP contribution in [0, 0.1) is 17.4 Å². The van der Waals surface area contributed by atoms with Crippen molar-refractivity contribution >= 4 is 13.8 Å². The molecule has 0 radical (unpaired) electrons. The summed E-state index contributed by atoms with van der Waals surface area (Å²) in [4.78, 5) is 2.37. The van der Waals surface area contributed by atoms with Gasteiger partial charge in [-0.15, -0.1) is 5.54 Å². The van der Waals surface area contributed by atoms with Gasteiger partial charge >= 0.3 is 0 Å². The standard InChI is InChI=1S/C18H28N2OSi/c1-20-10-5-6-16(13-20)14-21-18-8-7-15(12-17(18)19)9-11-22(2,3)4/h7-8,12,16H,5-6,10,13-14,19H2,1-4H3. The van der Waals surface area contributed by atoms with Gasteiger partial charge in [-0.2, -0.15) is 0 Å². The van der Waals surface area contributed by atoms with Crippen LogP contribution in [0.1, 0.15) is 18.4 Å². The van der Waals surface area contributed by atoms with Crippen molar-refractivity contribution in [1.82, 2.24) is 4.90 Å². The summed E-state index contributed by atoms with van der Waals surface area (Å²) >= 11 is 0. The summed E-state index contributed by atoms with van der Waals surface area (Å²) in [5.41, 5.74) is 11.1. The number of rotatable bonds is 3. The van der Waals surface area contributed by atoms with Crippen molar-refractivity contribution in [2.24, 2.45) is 5.92 Å². The van der Waals surface area contributed by atoms with Gasteiger partial charge in [0.1, 0.15) is 13.8 Å². The molecule has 0 aliphatic carbocycles. The molecule has 0 bridgehead atoms. The van der Waals surface area contributed by atoms with E-state index in [1.54, 1.807) is 0 Å². The first-order chi connectivity index (χ1) is 10.3. The highest BCUT2D eigenvalue weighted by Gasteiger charge is 2.18. The van der Waals surface area contributed by atoms with Gasteiger partial charge in [0, 0.05) is 18.0 Å². The van der Waals surface area contributed by atoms with Gasteiger partial charge in [-0.3, -0.25) is 0 Å². The summed E-state index contributed by atoms with van der Waals surface area (Å²) in [6.07, 6.45) is 2.50. The maximum atomic E-state index is 6.11. The lowest BCUT2D eigenvalue weighted by molar-refractivity contribution is 0.151. The first-order valence-corrected chi connectivity index (χ1v) is 11.6. The molecule has 1 unspecified atom stereocenters. The molecule has 0 amide bonds. The monoisotopic (exact) mass is 316 g/mol. The van der Waals surface area contributed by atoms with Crippen LogP contribution >= 0.6 is 0 Å². The Labute approximate surface area is 135 Å². The number of nitrogens with zero attached hydrogens (tertiary/aromatic N) is 1. The Kier molecular flexibility index (Phi) is 5.55. The Morgan fingerprint density at radius 1 is 1.36 bits per heavy atom. The topological polar surface area (TPSA) is 38.5 Å². The lowest BCUT2D eigenvalue weighted by Gasteiger charge is -2.29. The van der Waals surface area contributed by atoms with Crippen LogP contribution in [-0.2, 0) is 0 Å². The highest BCUT2D eigenvalue weighted by Crippen LogP contribution is 2.24. The Bertz CT molecular complexity index is 569. The molecule has 1 atom stereocenters. The molecule has 120 valence electrons. The number of nitrogens with two attached hydrogens (primary N) is 1. The van der Waals surface area contributed by atoms with Crippen molar-refractivity contribution in [2.45, 2.75) is 32.5 Å². The summed E-state index contributed by atoms with van der Waals surface area (Å²) < 4.78 is 5.93. The Hall–Kier alpha value is -1.44. The molecule has 1 aliphatic rings. The largest absolute Gasteiger partial charge is 0.491 e. The van der Waals surface area contributed by atoms with E-state index in [0.717, 1.165) is 24.5 Å². The number of benzene rings is 1. The molecule has 3 nitrogen and oxygen atoms in total. The van der Waals surface area contributed by atoms with Crippen molar-refractivity contribution in [1.29, 1.82) is 0 Å².